The molecule has 4 nitrogen and oxygen atoms in total. The summed E-state index contributed by atoms with van der Waals surface area (Å²) in [6.45, 7) is 0. The van der Waals surface area contributed by atoms with Crippen LogP contribution in [0.5, 0.6) is 0 Å². The molecule has 0 spiro atoms. The summed E-state index contributed by atoms with van der Waals surface area (Å²) in [5.74, 6) is 1.76. The van der Waals surface area contributed by atoms with Gasteiger partial charge in [0.25, 0.3) is 0 Å². The van der Waals surface area contributed by atoms with Gasteiger partial charge in [0, 0.05) is 33.0 Å². The van der Waals surface area contributed by atoms with Crippen LogP contribution < -0.4 is 0 Å². The van der Waals surface area contributed by atoms with Crippen molar-refractivity contribution in [1.29, 1.82) is 0 Å². The number of furan rings is 1. The maximum absolute atomic E-state index is 6.97. The molecule has 10 aromatic rings. The van der Waals surface area contributed by atoms with E-state index in [2.05, 4.69) is 133 Å². The first kappa shape index (κ1) is 29.0. The maximum Gasteiger partial charge on any atom is 0.167 e. The lowest BCUT2D eigenvalue weighted by molar-refractivity contribution is 0.671. The largest absolute Gasteiger partial charge is 0.455 e. The van der Waals surface area contributed by atoms with E-state index in [4.69, 9.17) is 19.4 Å². The third kappa shape index (κ3) is 4.88. The number of para-hydroxylation sites is 1. The van der Waals surface area contributed by atoms with Gasteiger partial charge >= 0.3 is 0 Å². The van der Waals surface area contributed by atoms with Crippen molar-refractivity contribution in [3.63, 3.8) is 0 Å². The third-order valence-corrected chi connectivity index (χ3v) is 9.71. The normalized spacial score (nSPS) is 11.5. The average molecular weight is 652 g/mol. The summed E-state index contributed by atoms with van der Waals surface area (Å²) < 4.78 is 6.97. The minimum atomic E-state index is 0.557. The fourth-order valence-corrected chi connectivity index (χ4v) is 7.37. The molecule has 0 atom stereocenters. The van der Waals surface area contributed by atoms with E-state index in [9.17, 15) is 0 Å². The van der Waals surface area contributed by atoms with Gasteiger partial charge in [0.15, 0.2) is 17.5 Å². The van der Waals surface area contributed by atoms with Gasteiger partial charge in [0.05, 0.1) is 5.56 Å². The molecule has 0 aliphatic carbocycles. The molecule has 2 aromatic heterocycles. The molecule has 0 saturated carbocycles. The van der Waals surface area contributed by atoms with Crippen LogP contribution in [0.25, 0.3) is 99.9 Å². The van der Waals surface area contributed by atoms with Crippen molar-refractivity contribution in [3.8, 4) is 56.4 Å². The molecule has 51 heavy (non-hydrogen) atoms. The van der Waals surface area contributed by atoms with E-state index in [1.54, 1.807) is 0 Å². The van der Waals surface area contributed by atoms with E-state index < -0.39 is 0 Å². The molecular weight excluding hydrogens is 623 g/mol. The van der Waals surface area contributed by atoms with E-state index in [0.717, 1.165) is 82.4 Å². The highest BCUT2D eigenvalue weighted by Gasteiger charge is 2.22. The first-order chi connectivity index (χ1) is 25.3. The zero-order chi connectivity index (χ0) is 33.7. The summed E-state index contributed by atoms with van der Waals surface area (Å²) in [6, 6.07) is 60.9. The summed E-state index contributed by atoms with van der Waals surface area (Å²) in [5.41, 5.74) is 8.65. The van der Waals surface area contributed by atoms with Gasteiger partial charge in [-0.1, -0.05) is 158 Å². The number of fused-ring (bicyclic) bond motifs is 5. The molecule has 0 unspecified atom stereocenters. The van der Waals surface area contributed by atoms with E-state index in [0.29, 0.717) is 17.5 Å². The molecule has 10 rings (SSSR count). The van der Waals surface area contributed by atoms with Crippen LogP contribution in [0, 0.1) is 0 Å². The number of rotatable bonds is 5. The van der Waals surface area contributed by atoms with Crippen LogP contribution in [0.2, 0.25) is 0 Å². The first-order valence-electron chi connectivity index (χ1n) is 17.1. The van der Waals surface area contributed by atoms with Crippen molar-refractivity contribution in [1.82, 2.24) is 15.0 Å². The van der Waals surface area contributed by atoms with Crippen LogP contribution in [0.15, 0.2) is 180 Å². The van der Waals surface area contributed by atoms with E-state index in [-0.39, 0.29) is 0 Å². The summed E-state index contributed by atoms with van der Waals surface area (Å²) in [6.07, 6.45) is 0. The van der Waals surface area contributed by atoms with E-state index >= 15 is 0 Å². The van der Waals surface area contributed by atoms with Crippen LogP contribution in [0.4, 0.5) is 0 Å². The van der Waals surface area contributed by atoms with Crippen molar-refractivity contribution in [2.24, 2.45) is 0 Å². The monoisotopic (exact) mass is 651 g/mol. The minimum Gasteiger partial charge on any atom is -0.455 e. The summed E-state index contributed by atoms with van der Waals surface area (Å²) >= 11 is 0. The number of hydrogen-bond donors (Lipinski definition) is 0. The van der Waals surface area contributed by atoms with Gasteiger partial charge in [-0.3, -0.25) is 0 Å². The standard InChI is InChI=1S/C47H29N3O/c1-4-16-31(17-5-1)41-35-23-12-10-15-30(35)27-28-38(41)46-48-45(33-20-8-3-9-21-33)49-47(50-46)39-26-14-25-37-40-29-34-22-11-13-24-36(34)42(44(40)51-43(37)39)32-18-6-2-7-19-32/h1-29H. The van der Waals surface area contributed by atoms with Gasteiger partial charge in [-0.25, -0.2) is 15.0 Å². The van der Waals surface area contributed by atoms with Crippen molar-refractivity contribution >= 4 is 43.5 Å². The van der Waals surface area contributed by atoms with Gasteiger partial charge < -0.3 is 4.42 Å². The molecule has 0 aliphatic rings. The second-order valence-corrected chi connectivity index (χ2v) is 12.7. The molecule has 8 aromatic carbocycles. The van der Waals surface area contributed by atoms with Crippen molar-refractivity contribution in [2.45, 2.75) is 0 Å². The molecule has 238 valence electrons. The lowest BCUT2D eigenvalue weighted by Crippen LogP contribution is -2.01. The Morgan fingerprint density at radius 3 is 1.55 bits per heavy atom. The Morgan fingerprint density at radius 2 is 0.843 bits per heavy atom. The van der Waals surface area contributed by atoms with Crippen LogP contribution in [-0.4, -0.2) is 15.0 Å². The Kier molecular flexibility index (Phi) is 6.78. The lowest BCUT2D eigenvalue weighted by Gasteiger charge is -2.14. The quantitative estimate of drug-likeness (QED) is 0.186. The SMILES string of the molecule is c1ccc(-c2nc(-c3ccc4ccccc4c3-c3ccccc3)nc(-c3cccc4c3oc3c(-c5ccccc5)c5ccccc5cc34)n2)cc1. The summed E-state index contributed by atoms with van der Waals surface area (Å²) in [7, 11) is 0. The van der Waals surface area contributed by atoms with Gasteiger partial charge in [-0.05, 0) is 50.9 Å². The number of nitrogens with zero attached hydrogens (tertiary/aromatic N) is 3. The minimum absolute atomic E-state index is 0.557. The Hall–Kier alpha value is -6.91. The van der Waals surface area contributed by atoms with Crippen LogP contribution >= 0.6 is 0 Å². The van der Waals surface area contributed by atoms with Gasteiger partial charge in [0.2, 0.25) is 0 Å². The Labute approximate surface area is 294 Å². The maximum atomic E-state index is 6.97. The number of benzene rings is 8. The van der Waals surface area contributed by atoms with Crippen LogP contribution in [-0.2, 0) is 0 Å². The third-order valence-electron chi connectivity index (χ3n) is 9.71. The molecule has 2 heterocycles. The molecule has 4 heteroatoms. The fourth-order valence-electron chi connectivity index (χ4n) is 7.37. The molecular formula is C47H29N3O. The van der Waals surface area contributed by atoms with Gasteiger partial charge in [-0.15, -0.1) is 0 Å². The molecule has 0 fully saturated rings. The van der Waals surface area contributed by atoms with Crippen molar-refractivity contribution in [2.75, 3.05) is 0 Å². The Balaban J connectivity index is 1.27. The highest BCUT2D eigenvalue weighted by atomic mass is 16.3. The van der Waals surface area contributed by atoms with E-state index in [1.807, 2.05) is 42.5 Å². The summed E-state index contributed by atoms with van der Waals surface area (Å²) in [5, 5.41) is 6.69. The molecule has 0 saturated heterocycles. The molecule has 0 amide bonds. The van der Waals surface area contributed by atoms with Gasteiger partial charge in [-0.2, -0.15) is 0 Å². The van der Waals surface area contributed by atoms with Gasteiger partial charge in [0.1, 0.15) is 11.2 Å². The average Bonchev–Trinajstić information content (AvgIpc) is 3.58. The number of hydrogen-bond acceptors (Lipinski definition) is 4. The smallest absolute Gasteiger partial charge is 0.167 e. The topological polar surface area (TPSA) is 51.8 Å². The van der Waals surface area contributed by atoms with Crippen molar-refractivity contribution < 1.29 is 4.42 Å². The predicted molar refractivity (Wildman–Crippen MR) is 209 cm³/mol. The second-order valence-electron chi connectivity index (χ2n) is 12.7. The van der Waals surface area contributed by atoms with Crippen LogP contribution in [0.1, 0.15) is 0 Å². The Morgan fingerprint density at radius 1 is 0.314 bits per heavy atom. The fraction of sp³-hybridized carbons (Fsp3) is 0. The molecule has 0 radical (unpaired) electrons. The Bertz CT molecular complexity index is 2900. The molecule has 0 N–H and O–H groups in total. The summed E-state index contributed by atoms with van der Waals surface area (Å²) in [4.78, 5) is 15.6. The molecule has 0 bridgehead atoms. The highest BCUT2D eigenvalue weighted by Crippen LogP contribution is 2.44. The van der Waals surface area contributed by atoms with Crippen LogP contribution in [0.3, 0.4) is 0 Å². The predicted octanol–water partition coefficient (Wildman–Crippen LogP) is 12.4. The van der Waals surface area contributed by atoms with Crippen molar-refractivity contribution in [3.05, 3.63) is 176 Å². The molecule has 0 aliphatic heterocycles. The highest BCUT2D eigenvalue weighted by molar-refractivity contribution is 6.19. The zero-order valence-electron chi connectivity index (χ0n) is 27.5. The second kappa shape index (κ2) is 11.9. The van der Waals surface area contributed by atoms with E-state index in [1.165, 1.54) is 0 Å². The first-order valence-corrected chi connectivity index (χ1v) is 17.1. The lowest BCUT2D eigenvalue weighted by atomic mass is 9.93. The zero-order valence-corrected chi connectivity index (χ0v) is 27.5. The number of aromatic nitrogens is 3.